The number of carboxylic acid groups (broad SMARTS) is 1. The van der Waals surface area contributed by atoms with Crippen LogP contribution in [0, 0.1) is 0 Å². The van der Waals surface area contributed by atoms with E-state index in [-0.39, 0.29) is 18.0 Å². The fourth-order valence-electron chi connectivity index (χ4n) is 4.69. The number of hydroxylamine groups is 1. The normalized spacial score (nSPS) is 17.3. The Morgan fingerprint density at radius 2 is 1.41 bits per heavy atom. The van der Waals surface area contributed by atoms with Gasteiger partial charge in [-0.15, -0.1) is 0 Å². The fraction of sp³-hybridized carbons (Fsp3) is 0.300. The predicted molar refractivity (Wildman–Crippen MR) is 146 cm³/mol. The highest BCUT2D eigenvalue weighted by Gasteiger charge is 2.38. The first kappa shape index (κ1) is 31.3. The van der Waals surface area contributed by atoms with Gasteiger partial charge in [0.05, 0.1) is 6.42 Å². The number of carbonyl (C=O) groups excluding carboxylic acids is 2. The second kappa shape index (κ2) is 13.9. The lowest BCUT2D eigenvalue weighted by Crippen LogP contribution is -2.57. The molecule has 3 N–H and O–H groups in total. The number of halogens is 3. The summed E-state index contributed by atoms with van der Waals surface area (Å²) in [6.07, 6.45) is -4.69. The lowest BCUT2D eigenvalue weighted by Gasteiger charge is -2.44. The second-order valence-corrected chi connectivity index (χ2v) is 9.85. The Morgan fingerprint density at radius 3 is 1.95 bits per heavy atom. The van der Waals surface area contributed by atoms with Crippen molar-refractivity contribution >= 4 is 17.8 Å². The van der Waals surface area contributed by atoms with E-state index in [1.54, 1.807) is 17.6 Å². The largest absolute Gasteiger partial charge is 0.490 e. The van der Waals surface area contributed by atoms with E-state index in [0.29, 0.717) is 25.1 Å². The van der Waals surface area contributed by atoms with Crippen molar-refractivity contribution in [3.05, 3.63) is 95.6 Å². The molecule has 0 radical (unpaired) electrons. The van der Waals surface area contributed by atoms with Gasteiger partial charge in [0.25, 0.3) is 5.91 Å². The van der Waals surface area contributed by atoms with Crippen molar-refractivity contribution in [2.24, 2.45) is 0 Å². The van der Waals surface area contributed by atoms with Gasteiger partial charge in [0.1, 0.15) is 0 Å². The number of hydrogen-bond acceptors (Lipinski definition) is 5. The minimum atomic E-state index is -5.08. The third-order valence-corrected chi connectivity index (χ3v) is 6.77. The van der Waals surface area contributed by atoms with Crippen LogP contribution in [0.4, 0.5) is 13.2 Å². The molecule has 0 aromatic heterocycles. The molecule has 0 unspecified atom stereocenters. The van der Waals surface area contributed by atoms with E-state index in [9.17, 15) is 22.8 Å². The van der Waals surface area contributed by atoms with Crippen molar-refractivity contribution < 1.29 is 37.9 Å². The summed E-state index contributed by atoms with van der Waals surface area (Å²) in [5.74, 6) is -3.12. The van der Waals surface area contributed by atoms with Crippen molar-refractivity contribution in [1.29, 1.82) is 0 Å². The molecule has 0 saturated carbocycles. The molecule has 1 saturated heterocycles. The minimum absolute atomic E-state index is 0.155. The van der Waals surface area contributed by atoms with Gasteiger partial charge in [-0.05, 0) is 48.2 Å². The number of carboxylic acids is 1. The number of nitrogens with one attached hydrogen (secondary N) is 1. The SMILES string of the molecule is C[C@@H]1CN(C(=O)Cc2cccc(-c3ccccc3)c2)C[C@H](C)N1Cc1ccc(C(=O)NO)cc1.O=C(O)C(F)(F)F. The summed E-state index contributed by atoms with van der Waals surface area (Å²) >= 11 is 0. The summed E-state index contributed by atoms with van der Waals surface area (Å²) in [5, 5.41) is 15.9. The Hall–Kier alpha value is -4.22. The molecule has 2 amide bonds. The maximum atomic E-state index is 13.2. The van der Waals surface area contributed by atoms with Crippen molar-refractivity contribution in [1.82, 2.24) is 15.3 Å². The summed E-state index contributed by atoms with van der Waals surface area (Å²) in [6.45, 7) is 6.42. The quantitative estimate of drug-likeness (QED) is 0.291. The molecule has 1 aliphatic rings. The van der Waals surface area contributed by atoms with E-state index in [1.807, 2.05) is 47.4 Å². The van der Waals surface area contributed by atoms with Crippen molar-refractivity contribution in [2.75, 3.05) is 13.1 Å². The van der Waals surface area contributed by atoms with E-state index < -0.39 is 18.1 Å². The standard InChI is InChI=1S/C28H31N3O3.C2HF3O2/c1-20-17-30(18-21(2)31(20)19-22-11-13-25(14-12-22)28(33)29-34)27(32)16-23-7-6-10-26(15-23)24-8-4-3-5-9-24;3-2(4,5)1(6)7/h3-15,20-21,34H,16-19H2,1-2H3,(H,29,33);(H,6,7)/t20-,21+;. The number of alkyl halides is 3. The molecule has 11 heteroatoms. The molecule has 3 aromatic carbocycles. The summed E-state index contributed by atoms with van der Waals surface area (Å²) < 4.78 is 31.7. The molecule has 8 nitrogen and oxygen atoms in total. The van der Waals surface area contributed by atoms with Crippen molar-refractivity contribution in [3.63, 3.8) is 0 Å². The van der Waals surface area contributed by atoms with Gasteiger partial charge in [0.2, 0.25) is 5.91 Å². The lowest BCUT2D eigenvalue weighted by atomic mass is 10.0. The number of carbonyl (C=O) groups is 3. The minimum Gasteiger partial charge on any atom is -0.475 e. The monoisotopic (exact) mass is 571 g/mol. The zero-order chi connectivity index (χ0) is 30.2. The molecule has 1 aliphatic heterocycles. The molecular formula is C30H32F3N3O5. The smallest absolute Gasteiger partial charge is 0.475 e. The molecule has 0 spiro atoms. The van der Waals surface area contributed by atoms with E-state index >= 15 is 0 Å². The maximum absolute atomic E-state index is 13.2. The van der Waals surface area contributed by atoms with E-state index in [2.05, 4.69) is 43.0 Å². The highest BCUT2D eigenvalue weighted by Crippen LogP contribution is 2.23. The van der Waals surface area contributed by atoms with Gasteiger partial charge in [-0.25, -0.2) is 10.3 Å². The molecule has 2 atom stereocenters. The van der Waals surface area contributed by atoms with Crippen LogP contribution in [-0.2, 0) is 22.6 Å². The Labute approximate surface area is 236 Å². The average Bonchev–Trinajstić information content (AvgIpc) is 2.95. The first-order valence-corrected chi connectivity index (χ1v) is 12.9. The number of piperazine rings is 1. The van der Waals surface area contributed by atoms with Crippen LogP contribution in [0.25, 0.3) is 11.1 Å². The van der Waals surface area contributed by atoms with Crippen LogP contribution in [0.15, 0.2) is 78.9 Å². The van der Waals surface area contributed by atoms with Crippen molar-refractivity contribution in [3.8, 4) is 11.1 Å². The van der Waals surface area contributed by atoms with Gasteiger partial charge < -0.3 is 10.0 Å². The molecule has 3 aromatic rings. The zero-order valence-electron chi connectivity index (χ0n) is 22.6. The Balaban J connectivity index is 0.000000587. The molecular weight excluding hydrogens is 539 g/mol. The Kier molecular flexibility index (Phi) is 10.6. The van der Waals surface area contributed by atoms with Crippen LogP contribution in [0.5, 0.6) is 0 Å². The summed E-state index contributed by atoms with van der Waals surface area (Å²) in [4.78, 5) is 37.9. The van der Waals surface area contributed by atoms with Gasteiger partial charge in [-0.1, -0.05) is 66.7 Å². The predicted octanol–water partition coefficient (Wildman–Crippen LogP) is 4.77. The Bertz CT molecular complexity index is 1320. The van der Waals surface area contributed by atoms with E-state index in [4.69, 9.17) is 15.1 Å². The van der Waals surface area contributed by atoms with Crippen LogP contribution >= 0.6 is 0 Å². The molecule has 1 heterocycles. The molecule has 0 bridgehead atoms. The highest BCUT2D eigenvalue weighted by molar-refractivity contribution is 5.93. The number of rotatable bonds is 6. The summed E-state index contributed by atoms with van der Waals surface area (Å²) in [5.41, 5.74) is 6.46. The number of hydrogen-bond donors (Lipinski definition) is 3. The van der Waals surface area contributed by atoms with Gasteiger partial charge in [-0.3, -0.25) is 19.7 Å². The molecule has 0 aliphatic carbocycles. The van der Waals surface area contributed by atoms with E-state index in [0.717, 1.165) is 28.8 Å². The third kappa shape index (κ3) is 8.89. The number of benzene rings is 3. The maximum Gasteiger partial charge on any atom is 0.490 e. The average molecular weight is 572 g/mol. The Morgan fingerprint density at radius 1 is 0.854 bits per heavy atom. The zero-order valence-corrected chi connectivity index (χ0v) is 22.6. The van der Waals surface area contributed by atoms with Crippen LogP contribution in [-0.4, -0.2) is 69.2 Å². The molecule has 4 rings (SSSR count). The van der Waals surface area contributed by atoms with Crippen LogP contribution < -0.4 is 5.48 Å². The number of nitrogens with zero attached hydrogens (tertiary/aromatic N) is 2. The molecule has 218 valence electrons. The topological polar surface area (TPSA) is 110 Å². The first-order valence-electron chi connectivity index (χ1n) is 12.9. The third-order valence-electron chi connectivity index (χ3n) is 6.77. The van der Waals surface area contributed by atoms with Gasteiger partial charge >= 0.3 is 12.1 Å². The van der Waals surface area contributed by atoms with E-state index in [1.165, 1.54) is 0 Å². The number of amides is 2. The second-order valence-electron chi connectivity index (χ2n) is 9.85. The van der Waals surface area contributed by atoms with Gasteiger partial charge in [-0.2, -0.15) is 13.2 Å². The lowest BCUT2D eigenvalue weighted by molar-refractivity contribution is -0.192. The highest BCUT2D eigenvalue weighted by atomic mass is 19.4. The van der Waals surface area contributed by atoms with Crippen LogP contribution in [0.2, 0.25) is 0 Å². The summed E-state index contributed by atoms with van der Waals surface area (Å²) in [6, 6.07) is 26.1. The molecule has 41 heavy (non-hydrogen) atoms. The summed E-state index contributed by atoms with van der Waals surface area (Å²) in [7, 11) is 0. The molecule has 1 fully saturated rings. The van der Waals surface area contributed by atoms with Crippen LogP contribution in [0.3, 0.4) is 0 Å². The fourth-order valence-corrected chi connectivity index (χ4v) is 4.69. The van der Waals surface area contributed by atoms with Gasteiger partial charge in [0, 0.05) is 37.3 Å². The first-order chi connectivity index (χ1) is 19.4. The van der Waals surface area contributed by atoms with Crippen molar-refractivity contribution in [2.45, 2.75) is 45.1 Å². The van der Waals surface area contributed by atoms with Gasteiger partial charge in [0.15, 0.2) is 0 Å². The van der Waals surface area contributed by atoms with Crippen LogP contribution in [0.1, 0.15) is 35.3 Å². The number of aliphatic carboxylic acids is 1.